The standard InChI is InChI=1S/C15H13NO4S2/c1-9(13-14(19)16-15(21)22-13)5-6-10-3-2-4-11(7-10)20-8-12(17)18/h2-7H,8H2,1H3,(H,17,18)(H,16,19,21). The lowest BCUT2D eigenvalue weighted by Crippen LogP contribution is -2.18. The van der Waals surface area contributed by atoms with Crippen molar-refractivity contribution in [3.8, 4) is 5.75 Å². The number of carboxylic acid groups (broad SMARTS) is 1. The lowest BCUT2D eigenvalue weighted by atomic mass is 10.1. The molecular weight excluding hydrogens is 322 g/mol. The second-order valence-corrected chi connectivity index (χ2v) is 6.13. The molecule has 0 spiro atoms. The fourth-order valence-electron chi connectivity index (χ4n) is 1.72. The molecule has 1 aliphatic rings. The fraction of sp³-hybridized carbons (Fsp3) is 0.133. The van der Waals surface area contributed by atoms with Crippen LogP contribution in [0.2, 0.25) is 0 Å². The highest BCUT2D eigenvalue weighted by Crippen LogP contribution is 2.27. The molecule has 0 atom stereocenters. The number of carboxylic acids is 1. The van der Waals surface area contributed by atoms with Crippen molar-refractivity contribution in [1.82, 2.24) is 5.32 Å². The summed E-state index contributed by atoms with van der Waals surface area (Å²) in [7, 11) is 0. The zero-order chi connectivity index (χ0) is 16.1. The van der Waals surface area contributed by atoms with Crippen LogP contribution in [0.1, 0.15) is 12.5 Å². The molecule has 114 valence electrons. The summed E-state index contributed by atoms with van der Waals surface area (Å²) in [5.74, 6) is -0.735. The molecule has 22 heavy (non-hydrogen) atoms. The van der Waals surface area contributed by atoms with Gasteiger partial charge in [-0.2, -0.15) is 0 Å². The largest absolute Gasteiger partial charge is 0.482 e. The monoisotopic (exact) mass is 335 g/mol. The van der Waals surface area contributed by atoms with E-state index in [9.17, 15) is 9.59 Å². The minimum atomic E-state index is -1.03. The quantitative estimate of drug-likeness (QED) is 0.636. The Morgan fingerprint density at radius 2 is 2.27 bits per heavy atom. The molecule has 0 saturated carbocycles. The molecule has 1 amide bonds. The summed E-state index contributed by atoms with van der Waals surface area (Å²) in [6.07, 6.45) is 3.64. The Hall–Kier alpha value is -2.12. The maximum atomic E-state index is 11.7. The van der Waals surface area contributed by atoms with E-state index in [4.69, 9.17) is 22.1 Å². The molecule has 1 aromatic rings. The number of thiocarbonyl (C=S) groups is 1. The highest BCUT2D eigenvalue weighted by atomic mass is 32.2. The van der Waals surface area contributed by atoms with Gasteiger partial charge >= 0.3 is 5.97 Å². The van der Waals surface area contributed by atoms with Crippen LogP contribution >= 0.6 is 24.0 Å². The highest BCUT2D eigenvalue weighted by molar-refractivity contribution is 8.26. The predicted octanol–water partition coefficient (Wildman–Crippen LogP) is 2.59. The number of amides is 1. The Labute approximate surface area is 137 Å². The van der Waals surface area contributed by atoms with E-state index >= 15 is 0 Å². The van der Waals surface area contributed by atoms with Gasteiger partial charge in [0.1, 0.15) is 10.1 Å². The van der Waals surface area contributed by atoms with Crippen LogP contribution in [0.25, 0.3) is 6.08 Å². The minimum absolute atomic E-state index is 0.185. The Bertz CT molecular complexity index is 695. The first kappa shape index (κ1) is 16.3. The number of benzene rings is 1. The summed E-state index contributed by atoms with van der Waals surface area (Å²) in [5.41, 5.74) is 1.65. The van der Waals surface area contributed by atoms with Crippen LogP contribution in [0.15, 0.2) is 40.8 Å². The van der Waals surface area contributed by atoms with Crippen LogP contribution in [0.4, 0.5) is 0 Å². The van der Waals surface area contributed by atoms with Crippen molar-refractivity contribution in [3.63, 3.8) is 0 Å². The molecule has 1 aliphatic heterocycles. The third-order valence-corrected chi connectivity index (χ3v) is 4.07. The molecule has 0 aromatic heterocycles. The van der Waals surface area contributed by atoms with Gasteiger partial charge in [0.2, 0.25) is 0 Å². The van der Waals surface area contributed by atoms with Crippen molar-refractivity contribution in [2.75, 3.05) is 6.61 Å². The van der Waals surface area contributed by atoms with Gasteiger partial charge in [-0.05, 0) is 30.2 Å². The van der Waals surface area contributed by atoms with E-state index in [0.29, 0.717) is 15.0 Å². The Morgan fingerprint density at radius 3 is 2.91 bits per heavy atom. The van der Waals surface area contributed by atoms with E-state index in [0.717, 1.165) is 11.1 Å². The van der Waals surface area contributed by atoms with Crippen LogP contribution < -0.4 is 10.1 Å². The Morgan fingerprint density at radius 1 is 1.50 bits per heavy atom. The zero-order valence-electron chi connectivity index (χ0n) is 11.7. The summed E-state index contributed by atoms with van der Waals surface area (Å²) in [5, 5.41) is 11.2. The van der Waals surface area contributed by atoms with E-state index in [1.54, 1.807) is 18.2 Å². The number of allylic oxidation sites excluding steroid dienone is 2. The van der Waals surface area contributed by atoms with Gasteiger partial charge < -0.3 is 15.2 Å². The Kier molecular flexibility index (Phi) is 5.35. The summed E-state index contributed by atoms with van der Waals surface area (Å²) >= 11 is 6.19. The number of rotatable bonds is 5. The first-order chi connectivity index (χ1) is 10.5. The lowest BCUT2D eigenvalue weighted by molar-refractivity contribution is -0.139. The molecule has 2 N–H and O–H groups in total. The maximum Gasteiger partial charge on any atom is 0.341 e. The number of ether oxygens (including phenoxy) is 1. The van der Waals surface area contributed by atoms with Gasteiger partial charge in [-0.25, -0.2) is 4.79 Å². The van der Waals surface area contributed by atoms with Crippen molar-refractivity contribution >= 4 is 46.3 Å². The van der Waals surface area contributed by atoms with E-state index in [1.165, 1.54) is 11.8 Å². The molecule has 0 bridgehead atoms. The summed E-state index contributed by atoms with van der Waals surface area (Å²) < 4.78 is 5.57. The zero-order valence-corrected chi connectivity index (χ0v) is 13.3. The number of nitrogens with one attached hydrogen (secondary N) is 1. The number of aliphatic carboxylic acids is 1. The average Bonchev–Trinajstić information content (AvgIpc) is 2.82. The van der Waals surface area contributed by atoms with E-state index < -0.39 is 5.97 Å². The molecule has 7 heteroatoms. The van der Waals surface area contributed by atoms with E-state index in [2.05, 4.69) is 5.32 Å². The summed E-state index contributed by atoms with van der Waals surface area (Å²) in [6, 6.07) is 7.04. The molecule has 0 aliphatic carbocycles. The van der Waals surface area contributed by atoms with Gasteiger partial charge in [0, 0.05) is 0 Å². The molecule has 0 unspecified atom stereocenters. The highest BCUT2D eigenvalue weighted by Gasteiger charge is 2.23. The predicted molar refractivity (Wildman–Crippen MR) is 89.6 cm³/mol. The van der Waals surface area contributed by atoms with Gasteiger partial charge in [0.15, 0.2) is 6.61 Å². The van der Waals surface area contributed by atoms with Crippen molar-refractivity contribution < 1.29 is 19.4 Å². The minimum Gasteiger partial charge on any atom is -0.482 e. The number of thioether (sulfide) groups is 1. The topological polar surface area (TPSA) is 75.6 Å². The molecule has 1 aromatic carbocycles. The van der Waals surface area contributed by atoms with Crippen molar-refractivity contribution in [2.45, 2.75) is 6.92 Å². The van der Waals surface area contributed by atoms with Crippen LogP contribution in [0.5, 0.6) is 5.75 Å². The van der Waals surface area contributed by atoms with Crippen molar-refractivity contribution in [3.05, 3.63) is 46.4 Å². The maximum absolute atomic E-state index is 11.7. The van der Waals surface area contributed by atoms with E-state index in [1.807, 2.05) is 25.1 Å². The first-order valence-corrected chi connectivity index (χ1v) is 7.55. The summed E-state index contributed by atoms with van der Waals surface area (Å²) in [6.45, 7) is 1.45. The Balaban J connectivity index is 2.11. The van der Waals surface area contributed by atoms with Gasteiger partial charge in [0.25, 0.3) is 5.91 Å². The van der Waals surface area contributed by atoms with Gasteiger partial charge in [-0.3, -0.25) is 4.79 Å². The fourth-order valence-corrected chi connectivity index (χ4v) is 2.77. The summed E-state index contributed by atoms with van der Waals surface area (Å²) in [4.78, 5) is 22.7. The number of hydrogen-bond donors (Lipinski definition) is 2. The third kappa shape index (κ3) is 4.44. The second-order valence-electron chi connectivity index (χ2n) is 4.44. The van der Waals surface area contributed by atoms with Crippen LogP contribution in [-0.2, 0) is 9.59 Å². The van der Waals surface area contributed by atoms with Crippen LogP contribution in [-0.4, -0.2) is 27.9 Å². The smallest absolute Gasteiger partial charge is 0.341 e. The number of carbonyl (C=O) groups is 2. The first-order valence-electron chi connectivity index (χ1n) is 6.32. The molecule has 1 fully saturated rings. The van der Waals surface area contributed by atoms with Gasteiger partial charge in [0.05, 0.1) is 4.91 Å². The van der Waals surface area contributed by atoms with E-state index in [-0.39, 0.29) is 12.5 Å². The molecule has 2 rings (SSSR count). The van der Waals surface area contributed by atoms with Crippen LogP contribution in [0.3, 0.4) is 0 Å². The normalized spacial score (nSPS) is 16.8. The molecule has 1 saturated heterocycles. The number of carbonyl (C=O) groups excluding carboxylic acids is 1. The second kappa shape index (κ2) is 7.24. The van der Waals surface area contributed by atoms with Crippen molar-refractivity contribution in [1.29, 1.82) is 0 Å². The average molecular weight is 335 g/mol. The molecule has 0 radical (unpaired) electrons. The SMILES string of the molecule is CC(C=Cc1cccc(OCC(=O)O)c1)=C1SC(=S)NC1=O. The molecule has 1 heterocycles. The molecule has 5 nitrogen and oxygen atoms in total. The third-order valence-electron chi connectivity index (χ3n) is 2.72. The molecular formula is C15H13NO4S2. The number of hydrogen-bond acceptors (Lipinski definition) is 5. The van der Waals surface area contributed by atoms with Crippen molar-refractivity contribution in [2.24, 2.45) is 0 Å². The van der Waals surface area contributed by atoms with Gasteiger partial charge in [-0.15, -0.1) is 0 Å². The lowest BCUT2D eigenvalue weighted by Gasteiger charge is -2.03. The van der Waals surface area contributed by atoms with Gasteiger partial charge in [-0.1, -0.05) is 48.3 Å². The van der Waals surface area contributed by atoms with Crippen LogP contribution in [0, 0.1) is 0 Å².